The molecular weight excluding hydrogens is 304 g/mol. The molecular formula is C20H40O4. The molecule has 0 rings (SSSR count). The Balaban J connectivity index is 3.13. The van der Waals surface area contributed by atoms with Crippen molar-refractivity contribution in [1.29, 1.82) is 0 Å². The van der Waals surface area contributed by atoms with Crippen LogP contribution in [-0.4, -0.2) is 33.9 Å². The summed E-state index contributed by atoms with van der Waals surface area (Å²) in [6.07, 6.45) is 18.5. The van der Waals surface area contributed by atoms with Crippen LogP contribution in [0.2, 0.25) is 0 Å². The number of rotatable bonds is 19. The molecule has 4 nitrogen and oxygen atoms in total. The van der Waals surface area contributed by atoms with E-state index in [1.54, 1.807) is 20.5 Å². The summed E-state index contributed by atoms with van der Waals surface area (Å²) >= 11 is 0. The van der Waals surface area contributed by atoms with Gasteiger partial charge in [0, 0.05) is 14.2 Å². The quantitative estimate of drug-likeness (QED) is 0.168. The van der Waals surface area contributed by atoms with Gasteiger partial charge in [0.25, 0.3) is 0 Å². The molecule has 0 radical (unpaired) electrons. The molecule has 144 valence electrons. The van der Waals surface area contributed by atoms with Crippen molar-refractivity contribution in [3.05, 3.63) is 12.3 Å². The lowest BCUT2D eigenvalue weighted by Crippen LogP contribution is -2.12. The fourth-order valence-electron chi connectivity index (χ4n) is 2.53. The third kappa shape index (κ3) is 17.8. The Kier molecular flexibility index (Phi) is 20.0. The van der Waals surface area contributed by atoms with Gasteiger partial charge in [-0.05, 0) is 38.2 Å². The second-order valence-corrected chi connectivity index (χ2v) is 6.22. The van der Waals surface area contributed by atoms with E-state index < -0.39 is 0 Å². The highest BCUT2D eigenvalue weighted by Crippen LogP contribution is 2.12. The molecule has 0 aromatic heterocycles. The highest BCUT2D eigenvalue weighted by Gasteiger charge is 2.03. The lowest BCUT2D eigenvalue weighted by molar-refractivity contribution is -0.107. The first-order chi connectivity index (χ1) is 11.8. The van der Waals surface area contributed by atoms with Gasteiger partial charge in [-0.15, -0.1) is 0 Å². The fraction of sp³-hybridized carbons (Fsp3) is 0.900. The van der Waals surface area contributed by atoms with Crippen molar-refractivity contribution in [3.8, 4) is 0 Å². The number of hydrogen-bond donors (Lipinski definition) is 0. The Morgan fingerprint density at radius 3 is 2.12 bits per heavy atom. The average molecular weight is 345 g/mol. The van der Waals surface area contributed by atoms with Gasteiger partial charge in [-0.2, -0.15) is 0 Å². The minimum absolute atomic E-state index is 0.0271. The van der Waals surface area contributed by atoms with Gasteiger partial charge < -0.3 is 18.9 Å². The molecule has 0 spiro atoms. The van der Waals surface area contributed by atoms with Crippen molar-refractivity contribution in [2.24, 2.45) is 0 Å². The standard InChI is InChI=1S/C20H40O4/c1-4-5-14-17-23-19-24-18-15-12-10-8-6-7-9-11-13-16-20(21-2)22-3/h15,18,20H,4-14,16-17,19H2,1-3H3. The summed E-state index contributed by atoms with van der Waals surface area (Å²) in [4.78, 5) is 0. The van der Waals surface area contributed by atoms with Crippen LogP contribution in [0.25, 0.3) is 0 Å². The number of hydrogen-bond acceptors (Lipinski definition) is 4. The predicted octanol–water partition coefficient (Wildman–Crippen LogP) is 5.81. The molecule has 24 heavy (non-hydrogen) atoms. The van der Waals surface area contributed by atoms with Gasteiger partial charge in [0.2, 0.25) is 0 Å². The summed E-state index contributed by atoms with van der Waals surface area (Å²) in [5.41, 5.74) is 0. The van der Waals surface area contributed by atoms with Gasteiger partial charge in [0.15, 0.2) is 13.1 Å². The number of methoxy groups -OCH3 is 2. The van der Waals surface area contributed by atoms with Gasteiger partial charge >= 0.3 is 0 Å². The van der Waals surface area contributed by atoms with Crippen LogP contribution in [0.15, 0.2) is 12.3 Å². The minimum Gasteiger partial charge on any atom is -0.475 e. The van der Waals surface area contributed by atoms with Crippen LogP contribution in [0, 0.1) is 0 Å². The molecule has 0 N–H and O–H groups in total. The normalized spacial score (nSPS) is 11.7. The van der Waals surface area contributed by atoms with E-state index in [0.29, 0.717) is 6.79 Å². The van der Waals surface area contributed by atoms with Crippen LogP contribution < -0.4 is 0 Å². The van der Waals surface area contributed by atoms with Crippen LogP contribution in [0.5, 0.6) is 0 Å². The van der Waals surface area contributed by atoms with Gasteiger partial charge in [-0.3, -0.25) is 0 Å². The molecule has 0 saturated heterocycles. The fourth-order valence-corrected chi connectivity index (χ4v) is 2.53. The smallest absolute Gasteiger partial charge is 0.188 e. The summed E-state index contributed by atoms with van der Waals surface area (Å²) < 4.78 is 21.0. The van der Waals surface area contributed by atoms with Crippen molar-refractivity contribution < 1.29 is 18.9 Å². The molecule has 0 aromatic carbocycles. The molecule has 0 heterocycles. The lowest BCUT2D eigenvalue weighted by Gasteiger charge is -2.12. The first kappa shape index (κ1) is 23.4. The maximum atomic E-state index is 5.37. The molecule has 0 fully saturated rings. The van der Waals surface area contributed by atoms with Crippen molar-refractivity contribution >= 4 is 0 Å². The highest BCUT2D eigenvalue weighted by atomic mass is 16.7. The summed E-state index contributed by atoms with van der Waals surface area (Å²) in [5.74, 6) is 0. The van der Waals surface area contributed by atoms with Crippen molar-refractivity contribution in [1.82, 2.24) is 0 Å². The second kappa shape index (κ2) is 20.5. The van der Waals surface area contributed by atoms with E-state index in [4.69, 9.17) is 18.9 Å². The van der Waals surface area contributed by atoms with E-state index in [9.17, 15) is 0 Å². The topological polar surface area (TPSA) is 36.9 Å². The van der Waals surface area contributed by atoms with E-state index in [1.807, 2.05) is 0 Å². The van der Waals surface area contributed by atoms with Crippen molar-refractivity contribution in [3.63, 3.8) is 0 Å². The lowest BCUT2D eigenvalue weighted by atomic mass is 10.1. The molecule has 0 bridgehead atoms. The van der Waals surface area contributed by atoms with Crippen molar-refractivity contribution in [2.45, 2.75) is 90.3 Å². The van der Waals surface area contributed by atoms with Crippen LogP contribution in [0.1, 0.15) is 84.0 Å². The molecule has 0 aromatic rings. The zero-order chi connectivity index (χ0) is 17.7. The Hall–Kier alpha value is -0.580. The predicted molar refractivity (Wildman–Crippen MR) is 99.9 cm³/mol. The monoisotopic (exact) mass is 344 g/mol. The van der Waals surface area contributed by atoms with Gasteiger partial charge in [-0.1, -0.05) is 51.9 Å². The summed E-state index contributed by atoms with van der Waals surface area (Å²) in [5, 5.41) is 0. The third-order valence-corrected chi connectivity index (χ3v) is 4.07. The number of ether oxygens (including phenoxy) is 4. The maximum absolute atomic E-state index is 5.37. The van der Waals surface area contributed by atoms with Crippen LogP contribution in [0.4, 0.5) is 0 Å². The van der Waals surface area contributed by atoms with Crippen LogP contribution >= 0.6 is 0 Å². The van der Waals surface area contributed by atoms with Gasteiger partial charge in [0.1, 0.15) is 0 Å². The Morgan fingerprint density at radius 2 is 1.46 bits per heavy atom. The molecule has 0 aliphatic carbocycles. The summed E-state index contributed by atoms with van der Waals surface area (Å²) in [6.45, 7) is 3.38. The third-order valence-electron chi connectivity index (χ3n) is 4.07. The summed E-state index contributed by atoms with van der Waals surface area (Å²) in [6, 6.07) is 0. The van der Waals surface area contributed by atoms with E-state index in [0.717, 1.165) is 25.9 Å². The molecule has 4 heteroatoms. The Labute approximate surface area is 149 Å². The highest BCUT2D eigenvalue weighted by molar-refractivity contribution is 4.72. The molecule has 0 saturated carbocycles. The molecule has 0 unspecified atom stereocenters. The van der Waals surface area contributed by atoms with Crippen LogP contribution in [-0.2, 0) is 18.9 Å². The summed E-state index contributed by atoms with van der Waals surface area (Å²) in [7, 11) is 3.41. The number of unbranched alkanes of at least 4 members (excludes halogenated alkanes) is 9. The van der Waals surface area contributed by atoms with Gasteiger partial charge in [0.05, 0.1) is 12.9 Å². The van der Waals surface area contributed by atoms with E-state index in [1.165, 1.54) is 57.8 Å². The minimum atomic E-state index is -0.0271. The van der Waals surface area contributed by atoms with E-state index in [2.05, 4.69) is 13.0 Å². The molecule has 0 amide bonds. The molecule has 0 atom stereocenters. The van der Waals surface area contributed by atoms with Gasteiger partial charge in [-0.25, -0.2) is 0 Å². The van der Waals surface area contributed by atoms with E-state index in [-0.39, 0.29) is 6.29 Å². The SMILES string of the molecule is CCCCCOCOC=CCCCCCCCCCC(OC)OC. The Bertz CT molecular complexity index is 252. The zero-order valence-electron chi connectivity index (χ0n) is 16.3. The maximum Gasteiger partial charge on any atom is 0.188 e. The van der Waals surface area contributed by atoms with Crippen molar-refractivity contribution in [2.75, 3.05) is 27.6 Å². The largest absolute Gasteiger partial charge is 0.475 e. The molecule has 0 aliphatic rings. The zero-order valence-corrected chi connectivity index (χ0v) is 16.3. The second-order valence-electron chi connectivity index (χ2n) is 6.22. The van der Waals surface area contributed by atoms with E-state index >= 15 is 0 Å². The first-order valence-electron chi connectivity index (χ1n) is 9.75. The average Bonchev–Trinajstić information content (AvgIpc) is 2.61. The Morgan fingerprint density at radius 1 is 0.792 bits per heavy atom. The number of allylic oxidation sites excluding steroid dienone is 1. The first-order valence-corrected chi connectivity index (χ1v) is 9.75. The van der Waals surface area contributed by atoms with Crippen LogP contribution in [0.3, 0.4) is 0 Å². The molecule has 0 aliphatic heterocycles.